The van der Waals surface area contributed by atoms with Crippen molar-refractivity contribution in [3.05, 3.63) is 92.8 Å². The van der Waals surface area contributed by atoms with Crippen LogP contribution >= 0.6 is 36.2 Å². The van der Waals surface area contributed by atoms with Crippen molar-refractivity contribution in [2.24, 2.45) is 0 Å². The second-order valence-corrected chi connectivity index (χ2v) is 8.59. The number of aliphatic hydroxyl groups is 1. The zero-order valence-electron chi connectivity index (χ0n) is 18.4. The summed E-state index contributed by atoms with van der Waals surface area (Å²) in [5.74, 6) is 0.0108. The van der Waals surface area contributed by atoms with Crippen molar-refractivity contribution in [2.45, 2.75) is 25.6 Å². The van der Waals surface area contributed by atoms with Gasteiger partial charge < -0.3 is 25.8 Å². The maximum absolute atomic E-state index is 11.6. The number of aromatic hydroxyl groups is 1. The highest BCUT2D eigenvalue weighted by Crippen LogP contribution is 2.31. The summed E-state index contributed by atoms with van der Waals surface area (Å²) in [5, 5.41) is 27.2. The molecule has 1 atom stereocenters. The molecule has 0 unspecified atom stereocenters. The highest BCUT2D eigenvalue weighted by Gasteiger charge is 2.15. The molecule has 4 aromatic rings. The van der Waals surface area contributed by atoms with Gasteiger partial charge in [-0.05, 0) is 42.3 Å². The van der Waals surface area contributed by atoms with Crippen LogP contribution in [-0.2, 0) is 19.5 Å². The number of hydrogen-bond acceptors (Lipinski definition) is 7. The first-order valence-electron chi connectivity index (χ1n) is 10.5. The summed E-state index contributed by atoms with van der Waals surface area (Å²) in [6.07, 6.45) is 1.86. The Kier molecular flexibility index (Phi) is 11.0. The van der Waals surface area contributed by atoms with Gasteiger partial charge in [-0.25, -0.2) is 0 Å². The number of aromatic amines is 1. The Morgan fingerprint density at radius 1 is 1.00 bits per heavy atom. The highest BCUT2D eigenvalue weighted by molar-refractivity contribution is 7.16. The van der Waals surface area contributed by atoms with E-state index in [0.717, 1.165) is 36.5 Å². The molecule has 0 saturated heterocycles. The number of pyridine rings is 1. The molecule has 0 fully saturated rings. The maximum atomic E-state index is 11.6. The number of phenolic OH excluding ortho intramolecular Hbond substituents is 1. The van der Waals surface area contributed by atoms with E-state index < -0.39 is 6.10 Å². The van der Waals surface area contributed by atoms with Crippen molar-refractivity contribution in [2.75, 3.05) is 13.1 Å². The van der Waals surface area contributed by atoms with Gasteiger partial charge in [-0.1, -0.05) is 47.7 Å². The van der Waals surface area contributed by atoms with Crippen molar-refractivity contribution >= 4 is 46.4 Å². The Morgan fingerprint density at radius 2 is 1.82 bits per heavy atom. The number of H-pyrrole nitrogens is 1. The van der Waals surface area contributed by atoms with Crippen LogP contribution in [0.5, 0.6) is 5.75 Å². The largest absolute Gasteiger partial charge is 0.506 e. The summed E-state index contributed by atoms with van der Waals surface area (Å²) < 4.78 is 0.593. The Labute approximate surface area is 214 Å². The van der Waals surface area contributed by atoms with Gasteiger partial charge in [0.1, 0.15) is 11.3 Å². The van der Waals surface area contributed by atoms with Crippen LogP contribution < -0.4 is 15.5 Å². The molecule has 0 aliphatic carbocycles. The number of nitrogens with zero attached hydrogens (tertiary/aromatic N) is 1. The number of rotatable bonds is 10. The molecule has 0 aliphatic rings. The molecule has 0 bridgehead atoms. The molecule has 10 heteroatoms. The molecule has 34 heavy (non-hydrogen) atoms. The molecule has 5 N–H and O–H groups in total. The number of nitrogens with one attached hydrogen (secondary N) is 3. The standard InChI is InChI=1S/C24H26N4O3S.2ClH/c29-20-8-7-19(23-22(20)28-24(31)32-23)21(30)15-25-11-9-16-4-3-5-17(12-16)13-26-14-18-6-1-2-10-27-18;;/h1-8,10,12,21,25-26,29-30H,9,11,13-15H2,(H,28,31);2*1H/t21-;;/m0../s1. The van der Waals surface area contributed by atoms with E-state index in [1.54, 1.807) is 12.3 Å². The number of aliphatic hydroxyl groups excluding tert-OH is 1. The van der Waals surface area contributed by atoms with Gasteiger partial charge in [0.15, 0.2) is 0 Å². The van der Waals surface area contributed by atoms with Gasteiger partial charge >= 0.3 is 4.87 Å². The van der Waals surface area contributed by atoms with E-state index in [4.69, 9.17) is 0 Å². The Hall–Kier alpha value is -2.46. The van der Waals surface area contributed by atoms with Crippen molar-refractivity contribution in [3.63, 3.8) is 0 Å². The normalized spacial score (nSPS) is 11.6. The smallest absolute Gasteiger partial charge is 0.305 e. The van der Waals surface area contributed by atoms with E-state index in [2.05, 4.69) is 44.9 Å². The molecule has 182 valence electrons. The van der Waals surface area contributed by atoms with Crippen LogP contribution in [0.4, 0.5) is 0 Å². The van der Waals surface area contributed by atoms with E-state index in [9.17, 15) is 15.0 Å². The van der Waals surface area contributed by atoms with E-state index >= 15 is 0 Å². The van der Waals surface area contributed by atoms with Gasteiger partial charge in [0, 0.05) is 31.4 Å². The van der Waals surface area contributed by atoms with Gasteiger partial charge in [0.2, 0.25) is 0 Å². The van der Waals surface area contributed by atoms with Crippen LogP contribution in [0.1, 0.15) is 28.5 Å². The fraction of sp³-hybridized carbons (Fsp3) is 0.250. The minimum atomic E-state index is -0.772. The number of aromatic nitrogens is 2. The van der Waals surface area contributed by atoms with Crippen LogP contribution in [0, 0.1) is 0 Å². The molecule has 2 aromatic carbocycles. The summed E-state index contributed by atoms with van der Waals surface area (Å²) in [6.45, 7) is 2.57. The van der Waals surface area contributed by atoms with Crippen LogP contribution in [-0.4, -0.2) is 33.3 Å². The van der Waals surface area contributed by atoms with Crippen molar-refractivity contribution in [1.29, 1.82) is 0 Å². The molecule has 0 spiro atoms. The molecule has 4 rings (SSSR count). The van der Waals surface area contributed by atoms with Crippen LogP contribution in [0.25, 0.3) is 10.2 Å². The molecular formula is C24H28Cl2N4O3S. The lowest BCUT2D eigenvalue weighted by Gasteiger charge is -2.14. The molecule has 0 aliphatic heterocycles. The second-order valence-electron chi connectivity index (χ2n) is 7.61. The predicted molar refractivity (Wildman–Crippen MR) is 141 cm³/mol. The number of fused-ring (bicyclic) bond motifs is 1. The first-order chi connectivity index (χ1) is 15.6. The number of phenols is 1. The minimum absolute atomic E-state index is 0. The fourth-order valence-corrected chi connectivity index (χ4v) is 4.53. The van der Waals surface area contributed by atoms with Gasteiger partial charge in [-0.2, -0.15) is 0 Å². The summed E-state index contributed by atoms with van der Waals surface area (Å²) in [5.41, 5.74) is 4.47. The molecule has 0 saturated carbocycles. The number of thiazole rings is 1. The van der Waals surface area contributed by atoms with E-state index in [1.165, 1.54) is 17.2 Å². The number of halogens is 2. The zero-order chi connectivity index (χ0) is 22.3. The summed E-state index contributed by atoms with van der Waals surface area (Å²) >= 11 is 0.995. The van der Waals surface area contributed by atoms with Crippen molar-refractivity contribution in [1.82, 2.24) is 20.6 Å². The van der Waals surface area contributed by atoms with Gasteiger partial charge in [-0.15, -0.1) is 24.8 Å². The van der Waals surface area contributed by atoms with Crippen LogP contribution in [0.3, 0.4) is 0 Å². The molecule has 2 aromatic heterocycles. The third-order valence-electron chi connectivity index (χ3n) is 5.23. The lowest BCUT2D eigenvalue weighted by molar-refractivity contribution is 0.176. The third kappa shape index (κ3) is 7.27. The fourth-order valence-electron chi connectivity index (χ4n) is 3.62. The third-order valence-corrected chi connectivity index (χ3v) is 6.16. The second kappa shape index (κ2) is 13.4. The van der Waals surface area contributed by atoms with Gasteiger partial charge in [0.25, 0.3) is 0 Å². The number of benzene rings is 2. The van der Waals surface area contributed by atoms with Crippen molar-refractivity contribution in [3.8, 4) is 5.75 Å². The summed E-state index contributed by atoms with van der Waals surface area (Å²) in [4.78, 5) is 18.3. The van der Waals surface area contributed by atoms with E-state index in [-0.39, 0.29) is 35.4 Å². The Balaban J connectivity index is 0.00000204. The number of hydrogen-bond donors (Lipinski definition) is 5. The predicted octanol–water partition coefficient (Wildman–Crippen LogP) is 3.69. The lowest BCUT2D eigenvalue weighted by Crippen LogP contribution is -2.24. The van der Waals surface area contributed by atoms with E-state index in [1.807, 2.05) is 18.2 Å². The minimum Gasteiger partial charge on any atom is -0.506 e. The van der Waals surface area contributed by atoms with Gasteiger partial charge in [0.05, 0.1) is 16.5 Å². The monoisotopic (exact) mass is 522 g/mol. The first kappa shape index (κ1) is 27.8. The molecule has 0 amide bonds. The van der Waals surface area contributed by atoms with Crippen LogP contribution in [0.15, 0.2) is 65.6 Å². The molecule has 2 heterocycles. The average Bonchev–Trinajstić information content (AvgIpc) is 3.20. The van der Waals surface area contributed by atoms with Crippen molar-refractivity contribution < 1.29 is 10.2 Å². The van der Waals surface area contributed by atoms with Crippen LogP contribution in [0.2, 0.25) is 0 Å². The quantitative estimate of drug-likeness (QED) is 0.203. The Morgan fingerprint density at radius 3 is 2.62 bits per heavy atom. The van der Waals surface area contributed by atoms with E-state index in [0.29, 0.717) is 28.9 Å². The summed E-state index contributed by atoms with van der Waals surface area (Å²) in [6, 6.07) is 17.5. The SMILES string of the molecule is Cl.Cl.O=c1[nH]c2c(O)ccc([C@@H](O)CNCCc3cccc(CNCc4ccccn4)c3)c2s1. The molecular weight excluding hydrogens is 495 g/mol. The highest BCUT2D eigenvalue weighted by atomic mass is 35.5. The lowest BCUT2D eigenvalue weighted by atomic mass is 10.1. The maximum Gasteiger partial charge on any atom is 0.305 e. The molecule has 0 radical (unpaired) electrons. The molecule has 7 nitrogen and oxygen atoms in total. The topological polar surface area (TPSA) is 110 Å². The zero-order valence-corrected chi connectivity index (χ0v) is 20.8. The van der Waals surface area contributed by atoms with Gasteiger partial charge in [-0.3, -0.25) is 9.78 Å². The summed E-state index contributed by atoms with van der Waals surface area (Å²) in [7, 11) is 0. The Bertz CT molecular complexity index is 1230. The average molecular weight is 523 g/mol. The first-order valence-corrected chi connectivity index (χ1v) is 11.3.